The molecule has 1 aliphatic heterocycles. The van der Waals surface area contributed by atoms with Crippen molar-refractivity contribution >= 4 is 17.7 Å². The number of hydrogen-bond donors (Lipinski definition) is 0. The van der Waals surface area contributed by atoms with Gasteiger partial charge in [0, 0.05) is 37.9 Å². The number of carbonyl (C=O) groups excluding carboxylic acids is 1. The van der Waals surface area contributed by atoms with Crippen molar-refractivity contribution in [3.05, 3.63) is 59.7 Å². The number of methoxy groups -OCH3 is 1. The summed E-state index contributed by atoms with van der Waals surface area (Å²) in [6, 6.07) is 12.2. The topological polar surface area (TPSA) is 65.8 Å². The van der Waals surface area contributed by atoms with Crippen molar-refractivity contribution in [2.24, 2.45) is 0 Å². The summed E-state index contributed by atoms with van der Waals surface area (Å²) in [6.07, 6.45) is -1.29. The van der Waals surface area contributed by atoms with E-state index in [1.54, 1.807) is 35.2 Å². The monoisotopic (exact) mass is 445 g/mol. The van der Waals surface area contributed by atoms with Crippen molar-refractivity contribution in [1.82, 2.24) is 4.90 Å². The molecule has 0 bridgehead atoms. The molecule has 0 spiro atoms. The van der Waals surface area contributed by atoms with Gasteiger partial charge in [-0.15, -0.1) is 0 Å². The third-order valence-electron chi connectivity index (χ3n) is 5.03. The molecule has 1 fully saturated rings. The van der Waals surface area contributed by atoms with Crippen molar-refractivity contribution in [2.75, 3.05) is 44.8 Å². The maximum absolute atomic E-state index is 12.9. The molecule has 0 radical (unpaired) electrons. The molecule has 6 nitrogen and oxygen atoms in total. The number of ether oxygens (including phenoxy) is 2. The molecule has 168 valence electrons. The normalized spacial score (nSPS) is 14.3. The lowest BCUT2D eigenvalue weighted by Gasteiger charge is -2.35. The standard InChI is InChI=1S/C23H22F3N3O3/c1-31-21-15-17(5-7-20(21)32-14-9-27)6-8-22(30)29-12-10-28(11-13-29)19-4-2-3-18(16-19)23(24,25)26/h2-8,15-16H,10-14H2,1H3/b8-6+. The molecule has 0 aliphatic carbocycles. The predicted molar refractivity (Wildman–Crippen MR) is 113 cm³/mol. The Kier molecular flexibility index (Phi) is 7.25. The van der Waals surface area contributed by atoms with Gasteiger partial charge in [0.15, 0.2) is 18.1 Å². The molecule has 2 aromatic carbocycles. The van der Waals surface area contributed by atoms with Crippen LogP contribution in [0.25, 0.3) is 6.08 Å². The van der Waals surface area contributed by atoms with Crippen LogP contribution in [0.4, 0.5) is 18.9 Å². The van der Waals surface area contributed by atoms with Crippen LogP contribution in [0.5, 0.6) is 11.5 Å². The van der Waals surface area contributed by atoms with Crippen LogP contribution in [0.15, 0.2) is 48.5 Å². The lowest BCUT2D eigenvalue weighted by Crippen LogP contribution is -2.48. The number of halogens is 3. The van der Waals surface area contributed by atoms with Gasteiger partial charge in [-0.25, -0.2) is 0 Å². The number of rotatable bonds is 6. The van der Waals surface area contributed by atoms with Gasteiger partial charge in [0.1, 0.15) is 6.07 Å². The van der Waals surface area contributed by atoms with Crippen molar-refractivity contribution in [3.8, 4) is 17.6 Å². The molecule has 0 aromatic heterocycles. The first-order valence-electron chi connectivity index (χ1n) is 9.89. The number of alkyl halides is 3. The zero-order valence-corrected chi connectivity index (χ0v) is 17.4. The molecule has 1 aliphatic rings. The van der Waals surface area contributed by atoms with Gasteiger partial charge in [-0.05, 0) is 42.0 Å². The third kappa shape index (κ3) is 5.72. The fraction of sp³-hybridized carbons (Fsp3) is 0.304. The molecule has 9 heteroatoms. The van der Waals surface area contributed by atoms with E-state index in [0.717, 1.165) is 17.7 Å². The van der Waals surface area contributed by atoms with Gasteiger partial charge in [-0.1, -0.05) is 12.1 Å². The van der Waals surface area contributed by atoms with Crippen molar-refractivity contribution in [1.29, 1.82) is 5.26 Å². The van der Waals surface area contributed by atoms with Gasteiger partial charge in [-0.3, -0.25) is 4.79 Å². The maximum atomic E-state index is 12.9. The second-order valence-corrected chi connectivity index (χ2v) is 7.05. The van der Waals surface area contributed by atoms with Gasteiger partial charge in [-0.2, -0.15) is 18.4 Å². The van der Waals surface area contributed by atoms with Crippen molar-refractivity contribution in [3.63, 3.8) is 0 Å². The van der Waals surface area contributed by atoms with Crippen LogP contribution in [-0.2, 0) is 11.0 Å². The van der Waals surface area contributed by atoms with Crippen molar-refractivity contribution in [2.45, 2.75) is 6.18 Å². The van der Waals surface area contributed by atoms with Crippen LogP contribution >= 0.6 is 0 Å². The number of hydrogen-bond acceptors (Lipinski definition) is 5. The SMILES string of the molecule is COc1cc(/C=C/C(=O)N2CCN(c3cccc(C(F)(F)F)c3)CC2)ccc1OCC#N. The Hall–Kier alpha value is -3.67. The molecule has 0 saturated carbocycles. The van der Waals surface area contributed by atoms with E-state index >= 15 is 0 Å². The van der Waals surface area contributed by atoms with Crippen LogP contribution in [0, 0.1) is 11.3 Å². The van der Waals surface area contributed by atoms with E-state index in [1.807, 2.05) is 11.0 Å². The highest BCUT2D eigenvalue weighted by molar-refractivity contribution is 5.92. The van der Waals surface area contributed by atoms with Gasteiger partial charge >= 0.3 is 6.18 Å². The van der Waals surface area contributed by atoms with Crippen LogP contribution in [0.2, 0.25) is 0 Å². The fourth-order valence-electron chi connectivity index (χ4n) is 3.35. The third-order valence-corrected chi connectivity index (χ3v) is 5.03. The Morgan fingerprint density at radius 2 is 1.88 bits per heavy atom. The summed E-state index contributed by atoms with van der Waals surface area (Å²) >= 11 is 0. The second-order valence-electron chi connectivity index (χ2n) is 7.05. The van der Waals surface area contributed by atoms with E-state index in [-0.39, 0.29) is 12.5 Å². The maximum Gasteiger partial charge on any atom is 0.416 e. The van der Waals surface area contributed by atoms with Crippen LogP contribution in [0.3, 0.4) is 0 Å². The van der Waals surface area contributed by atoms with Gasteiger partial charge < -0.3 is 19.3 Å². The second kappa shape index (κ2) is 10.1. The Bertz CT molecular complexity index is 1020. The summed E-state index contributed by atoms with van der Waals surface area (Å²) < 4.78 is 49.4. The average molecular weight is 445 g/mol. The molecule has 0 unspecified atom stereocenters. The summed E-state index contributed by atoms with van der Waals surface area (Å²) in [5, 5.41) is 8.62. The summed E-state index contributed by atoms with van der Waals surface area (Å²) in [5.41, 5.74) is 0.534. The number of carbonyl (C=O) groups is 1. The lowest BCUT2D eigenvalue weighted by atomic mass is 10.1. The number of nitrogens with zero attached hydrogens (tertiary/aromatic N) is 3. The Morgan fingerprint density at radius 3 is 2.53 bits per heavy atom. The summed E-state index contributed by atoms with van der Waals surface area (Å²) in [4.78, 5) is 16.0. The van der Waals surface area contributed by atoms with E-state index in [4.69, 9.17) is 14.7 Å². The van der Waals surface area contributed by atoms with Crippen LogP contribution in [0.1, 0.15) is 11.1 Å². The Labute approximate surface area is 184 Å². The minimum Gasteiger partial charge on any atom is -0.493 e. The molecule has 3 rings (SSSR count). The molecule has 1 amide bonds. The summed E-state index contributed by atoms with van der Waals surface area (Å²) in [7, 11) is 1.48. The van der Waals surface area contributed by atoms with E-state index in [1.165, 1.54) is 19.3 Å². The van der Waals surface area contributed by atoms with Crippen LogP contribution in [-0.4, -0.2) is 50.7 Å². The van der Waals surface area contributed by atoms with Gasteiger partial charge in [0.25, 0.3) is 0 Å². The van der Waals surface area contributed by atoms with Gasteiger partial charge in [0.2, 0.25) is 5.91 Å². The minimum absolute atomic E-state index is 0.101. The minimum atomic E-state index is -4.39. The number of piperazine rings is 1. The van der Waals surface area contributed by atoms with Crippen molar-refractivity contribution < 1.29 is 27.4 Å². The molecular formula is C23H22F3N3O3. The number of anilines is 1. The van der Waals surface area contributed by atoms with E-state index in [9.17, 15) is 18.0 Å². The highest BCUT2D eigenvalue weighted by Gasteiger charge is 2.31. The molecule has 0 N–H and O–H groups in total. The van der Waals surface area contributed by atoms with Gasteiger partial charge in [0.05, 0.1) is 12.7 Å². The lowest BCUT2D eigenvalue weighted by molar-refractivity contribution is -0.137. The molecule has 2 aromatic rings. The molecule has 1 saturated heterocycles. The molecular weight excluding hydrogens is 423 g/mol. The zero-order valence-electron chi connectivity index (χ0n) is 17.4. The smallest absolute Gasteiger partial charge is 0.416 e. The largest absolute Gasteiger partial charge is 0.493 e. The first-order valence-corrected chi connectivity index (χ1v) is 9.89. The van der Waals surface area contributed by atoms with Crippen LogP contribution < -0.4 is 14.4 Å². The predicted octanol–water partition coefficient (Wildman–Crippen LogP) is 3.98. The molecule has 1 heterocycles. The first-order chi connectivity index (χ1) is 15.3. The number of amides is 1. The first kappa shape index (κ1) is 23.0. The Balaban J connectivity index is 1.59. The Morgan fingerprint density at radius 1 is 1.12 bits per heavy atom. The highest BCUT2D eigenvalue weighted by atomic mass is 19.4. The summed E-state index contributed by atoms with van der Waals surface area (Å²) in [5.74, 6) is 0.699. The highest BCUT2D eigenvalue weighted by Crippen LogP contribution is 2.32. The molecule has 32 heavy (non-hydrogen) atoms. The fourth-order valence-corrected chi connectivity index (χ4v) is 3.35. The van der Waals surface area contributed by atoms with E-state index < -0.39 is 11.7 Å². The number of benzene rings is 2. The zero-order chi connectivity index (χ0) is 23.1. The molecule has 0 atom stereocenters. The average Bonchev–Trinajstić information content (AvgIpc) is 2.81. The van der Waals surface area contributed by atoms with E-state index in [0.29, 0.717) is 43.4 Å². The number of nitriles is 1. The van der Waals surface area contributed by atoms with E-state index in [2.05, 4.69) is 0 Å². The summed E-state index contributed by atoms with van der Waals surface area (Å²) in [6.45, 7) is 1.60. The quantitative estimate of drug-likeness (QED) is 0.630.